The molecule has 0 aromatic rings. The topological polar surface area (TPSA) is 61.4 Å². The van der Waals surface area contributed by atoms with Crippen molar-refractivity contribution < 1.29 is 9.59 Å². The maximum absolute atomic E-state index is 12.2. The van der Waals surface area contributed by atoms with Crippen molar-refractivity contribution in [1.82, 2.24) is 15.5 Å². The first-order valence-electron chi connectivity index (χ1n) is 5.99. The van der Waals surface area contributed by atoms with Gasteiger partial charge in [-0.3, -0.25) is 9.59 Å². The van der Waals surface area contributed by atoms with Crippen LogP contribution in [0.3, 0.4) is 0 Å². The zero-order valence-corrected chi connectivity index (χ0v) is 9.66. The second-order valence-electron chi connectivity index (χ2n) is 4.52. The van der Waals surface area contributed by atoms with Gasteiger partial charge in [-0.15, -0.1) is 0 Å². The van der Waals surface area contributed by atoms with Crippen LogP contribution in [0.4, 0.5) is 0 Å². The Bertz CT molecular complexity index is 287. The van der Waals surface area contributed by atoms with Crippen LogP contribution < -0.4 is 10.6 Å². The van der Waals surface area contributed by atoms with Crippen molar-refractivity contribution >= 4 is 11.8 Å². The number of carbonyl (C=O) groups is 2. The summed E-state index contributed by atoms with van der Waals surface area (Å²) in [4.78, 5) is 25.4. The lowest BCUT2D eigenvalue weighted by molar-refractivity contribution is -0.146. The third kappa shape index (κ3) is 2.19. The molecule has 2 N–H and O–H groups in total. The number of piperazine rings is 1. The zero-order chi connectivity index (χ0) is 11.5. The molecule has 2 saturated heterocycles. The lowest BCUT2D eigenvalue weighted by Gasteiger charge is -2.36. The Morgan fingerprint density at radius 2 is 2.00 bits per heavy atom. The fourth-order valence-electron chi connectivity index (χ4n) is 2.39. The summed E-state index contributed by atoms with van der Waals surface area (Å²) in [5.41, 5.74) is 0. The Balaban J connectivity index is 1.99. The predicted octanol–water partition coefficient (Wildman–Crippen LogP) is -0.667. The number of hydrogen-bond donors (Lipinski definition) is 2. The molecule has 0 aromatic carbocycles. The van der Waals surface area contributed by atoms with E-state index in [1.807, 2.05) is 0 Å². The van der Waals surface area contributed by atoms with Crippen LogP contribution in [0.2, 0.25) is 0 Å². The summed E-state index contributed by atoms with van der Waals surface area (Å²) < 4.78 is 0. The maximum Gasteiger partial charge on any atom is 0.242 e. The molecule has 90 valence electrons. The van der Waals surface area contributed by atoms with E-state index in [4.69, 9.17) is 0 Å². The summed E-state index contributed by atoms with van der Waals surface area (Å²) in [7, 11) is 0. The molecular weight excluding hydrogens is 206 g/mol. The molecule has 1 unspecified atom stereocenters. The molecular formula is C11H19N3O2. The van der Waals surface area contributed by atoms with Crippen LogP contribution in [0.5, 0.6) is 0 Å². The van der Waals surface area contributed by atoms with E-state index < -0.39 is 0 Å². The van der Waals surface area contributed by atoms with Crippen LogP contribution in [0.15, 0.2) is 0 Å². The molecule has 5 nitrogen and oxygen atoms in total. The monoisotopic (exact) mass is 225 g/mol. The highest BCUT2D eigenvalue weighted by atomic mass is 16.2. The van der Waals surface area contributed by atoms with Crippen molar-refractivity contribution in [3.63, 3.8) is 0 Å². The Morgan fingerprint density at radius 3 is 2.69 bits per heavy atom. The highest BCUT2D eigenvalue weighted by molar-refractivity contribution is 5.89. The minimum Gasteiger partial charge on any atom is -0.353 e. The van der Waals surface area contributed by atoms with Crippen LogP contribution in [0, 0.1) is 5.92 Å². The van der Waals surface area contributed by atoms with Gasteiger partial charge in [-0.05, 0) is 32.9 Å². The van der Waals surface area contributed by atoms with E-state index >= 15 is 0 Å². The van der Waals surface area contributed by atoms with Crippen LogP contribution in [0.1, 0.15) is 19.8 Å². The minimum atomic E-state index is -0.309. The van der Waals surface area contributed by atoms with Gasteiger partial charge in [0, 0.05) is 19.0 Å². The predicted molar refractivity (Wildman–Crippen MR) is 59.8 cm³/mol. The normalized spacial score (nSPS) is 27.7. The quantitative estimate of drug-likeness (QED) is 0.622. The fourth-order valence-corrected chi connectivity index (χ4v) is 2.39. The lowest BCUT2D eigenvalue weighted by Crippen LogP contribution is -2.57. The van der Waals surface area contributed by atoms with Crippen LogP contribution in [-0.2, 0) is 9.59 Å². The van der Waals surface area contributed by atoms with Crippen LogP contribution in [0.25, 0.3) is 0 Å². The third-order valence-electron chi connectivity index (χ3n) is 3.47. The Kier molecular flexibility index (Phi) is 3.43. The fraction of sp³-hybridized carbons (Fsp3) is 0.818. The van der Waals surface area contributed by atoms with Crippen molar-refractivity contribution in [2.45, 2.75) is 25.8 Å². The molecule has 2 fully saturated rings. The van der Waals surface area contributed by atoms with E-state index in [2.05, 4.69) is 10.6 Å². The van der Waals surface area contributed by atoms with E-state index in [0.29, 0.717) is 13.1 Å². The van der Waals surface area contributed by atoms with E-state index in [0.717, 1.165) is 25.9 Å². The Labute approximate surface area is 95.6 Å². The first-order valence-corrected chi connectivity index (χ1v) is 5.99. The third-order valence-corrected chi connectivity index (χ3v) is 3.47. The number of rotatable bonds is 1. The van der Waals surface area contributed by atoms with E-state index in [-0.39, 0.29) is 23.8 Å². The second kappa shape index (κ2) is 4.82. The Morgan fingerprint density at radius 1 is 1.31 bits per heavy atom. The molecule has 0 radical (unpaired) electrons. The molecule has 2 amide bonds. The highest BCUT2D eigenvalue weighted by Crippen LogP contribution is 2.17. The van der Waals surface area contributed by atoms with Gasteiger partial charge in [0.25, 0.3) is 0 Å². The van der Waals surface area contributed by atoms with Crippen molar-refractivity contribution in [2.24, 2.45) is 5.92 Å². The summed E-state index contributed by atoms with van der Waals surface area (Å²) >= 11 is 0. The van der Waals surface area contributed by atoms with E-state index in [9.17, 15) is 9.59 Å². The van der Waals surface area contributed by atoms with Gasteiger partial charge in [-0.1, -0.05) is 0 Å². The maximum atomic E-state index is 12.2. The number of hydrogen-bond acceptors (Lipinski definition) is 3. The molecule has 2 aliphatic rings. The highest BCUT2D eigenvalue weighted by Gasteiger charge is 2.33. The molecule has 0 aliphatic carbocycles. The molecule has 1 atom stereocenters. The standard InChI is InChI=1S/C11H19N3O2/c1-8-10(15)13-6-7-14(8)11(16)9-2-4-12-5-3-9/h8-9,12H,2-7H2,1H3,(H,13,15). The molecule has 16 heavy (non-hydrogen) atoms. The van der Waals surface area contributed by atoms with Crippen LogP contribution >= 0.6 is 0 Å². The van der Waals surface area contributed by atoms with Gasteiger partial charge in [0.15, 0.2) is 0 Å². The molecule has 2 heterocycles. The molecule has 0 spiro atoms. The SMILES string of the molecule is CC1C(=O)NCCN1C(=O)C1CCNCC1. The van der Waals surface area contributed by atoms with Crippen LogP contribution in [-0.4, -0.2) is 48.9 Å². The van der Waals surface area contributed by atoms with E-state index in [1.54, 1.807) is 11.8 Å². The second-order valence-corrected chi connectivity index (χ2v) is 4.52. The minimum absolute atomic E-state index is 0.0338. The number of nitrogens with zero attached hydrogens (tertiary/aromatic N) is 1. The molecule has 2 rings (SSSR count). The largest absolute Gasteiger partial charge is 0.353 e. The molecule has 2 aliphatic heterocycles. The average Bonchev–Trinajstić information content (AvgIpc) is 2.33. The van der Waals surface area contributed by atoms with Crippen molar-refractivity contribution in [2.75, 3.05) is 26.2 Å². The zero-order valence-electron chi connectivity index (χ0n) is 9.66. The summed E-state index contributed by atoms with van der Waals surface area (Å²) in [5, 5.41) is 6.02. The van der Waals surface area contributed by atoms with Crippen molar-refractivity contribution in [3.8, 4) is 0 Å². The molecule has 5 heteroatoms. The van der Waals surface area contributed by atoms with Crippen molar-refractivity contribution in [3.05, 3.63) is 0 Å². The first kappa shape index (κ1) is 11.4. The van der Waals surface area contributed by atoms with E-state index in [1.165, 1.54) is 0 Å². The lowest BCUT2D eigenvalue weighted by atomic mass is 9.95. The van der Waals surface area contributed by atoms with Crippen molar-refractivity contribution in [1.29, 1.82) is 0 Å². The number of nitrogens with one attached hydrogen (secondary N) is 2. The summed E-state index contributed by atoms with van der Waals surface area (Å²) in [6.07, 6.45) is 1.79. The van der Waals surface area contributed by atoms with Gasteiger partial charge in [0.05, 0.1) is 0 Å². The van der Waals surface area contributed by atoms with Gasteiger partial charge in [-0.25, -0.2) is 0 Å². The van der Waals surface area contributed by atoms with Gasteiger partial charge in [-0.2, -0.15) is 0 Å². The molecule has 0 bridgehead atoms. The average molecular weight is 225 g/mol. The Hall–Kier alpha value is -1.10. The van der Waals surface area contributed by atoms with Gasteiger partial charge in [0.1, 0.15) is 6.04 Å². The molecule has 0 saturated carbocycles. The number of carbonyl (C=O) groups excluding carboxylic acids is 2. The smallest absolute Gasteiger partial charge is 0.242 e. The summed E-state index contributed by atoms with van der Waals surface area (Å²) in [6.45, 7) is 4.85. The van der Waals surface area contributed by atoms with Gasteiger partial charge in [0.2, 0.25) is 11.8 Å². The van der Waals surface area contributed by atoms with Gasteiger partial charge >= 0.3 is 0 Å². The molecule has 0 aromatic heterocycles. The summed E-state index contributed by atoms with van der Waals surface area (Å²) in [5.74, 6) is 0.229. The number of piperidine rings is 1. The first-order chi connectivity index (χ1) is 7.70. The summed E-state index contributed by atoms with van der Waals surface area (Å²) in [6, 6.07) is -0.309. The van der Waals surface area contributed by atoms with Gasteiger partial charge < -0.3 is 15.5 Å². The number of amides is 2.